The molecule has 3 nitrogen and oxygen atoms in total. The lowest BCUT2D eigenvalue weighted by atomic mass is 10.1. The van der Waals surface area contributed by atoms with E-state index in [1.807, 2.05) is 0 Å². The summed E-state index contributed by atoms with van der Waals surface area (Å²) in [6, 6.07) is 6.71. The Morgan fingerprint density at radius 1 is 1.47 bits per heavy atom. The molecule has 0 radical (unpaired) electrons. The minimum absolute atomic E-state index is 0.0984. The van der Waals surface area contributed by atoms with E-state index >= 15 is 0 Å². The molecule has 0 bridgehead atoms. The zero-order chi connectivity index (χ0) is 12.3. The molecule has 1 aliphatic carbocycles. The molecule has 1 aromatic carbocycles. The van der Waals surface area contributed by atoms with Crippen LogP contribution in [0.25, 0.3) is 0 Å². The number of rotatable bonds is 3. The maximum atomic E-state index is 12.0. The second-order valence-electron chi connectivity index (χ2n) is 4.48. The van der Waals surface area contributed by atoms with Gasteiger partial charge in [-0.25, -0.2) is 0 Å². The number of nitrogens with one attached hydrogen (secondary N) is 1. The summed E-state index contributed by atoms with van der Waals surface area (Å²) in [4.78, 5) is 12.0. The third-order valence-corrected chi connectivity index (χ3v) is 4.11. The minimum Gasteiger partial charge on any atom is -0.508 e. The van der Waals surface area contributed by atoms with Crippen molar-refractivity contribution in [1.82, 2.24) is 5.32 Å². The zero-order valence-electron chi connectivity index (χ0n) is 9.53. The quantitative estimate of drug-likeness (QED) is 0.843. The summed E-state index contributed by atoms with van der Waals surface area (Å²) in [5.41, 5.74) is 0.519. The van der Waals surface area contributed by atoms with E-state index in [1.54, 1.807) is 18.2 Å². The first-order valence-electron chi connectivity index (χ1n) is 5.86. The van der Waals surface area contributed by atoms with E-state index in [0.717, 1.165) is 18.2 Å². The molecule has 1 aromatic rings. The Morgan fingerprint density at radius 2 is 2.29 bits per heavy atom. The molecule has 1 saturated carbocycles. The fourth-order valence-corrected chi connectivity index (χ4v) is 3.09. The van der Waals surface area contributed by atoms with Crippen molar-refractivity contribution in [3.05, 3.63) is 29.8 Å². The molecule has 2 atom stereocenters. The summed E-state index contributed by atoms with van der Waals surface area (Å²) in [7, 11) is 0. The second kappa shape index (κ2) is 5.54. The highest BCUT2D eigenvalue weighted by atomic mass is 79.9. The van der Waals surface area contributed by atoms with Gasteiger partial charge in [-0.05, 0) is 37.0 Å². The van der Waals surface area contributed by atoms with E-state index in [1.165, 1.54) is 12.5 Å². The first kappa shape index (κ1) is 12.4. The van der Waals surface area contributed by atoms with Crippen LogP contribution in [-0.4, -0.2) is 22.4 Å². The summed E-state index contributed by atoms with van der Waals surface area (Å²) in [5, 5.41) is 13.3. The molecular weight excluding hydrogens is 282 g/mol. The Kier molecular flexibility index (Phi) is 4.05. The number of halogens is 1. The monoisotopic (exact) mass is 297 g/mol. The van der Waals surface area contributed by atoms with Gasteiger partial charge in [0.25, 0.3) is 5.91 Å². The molecule has 0 spiro atoms. The molecule has 1 fully saturated rings. The van der Waals surface area contributed by atoms with Gasteiger partial charge in [-0.2, -0.15) is 0 Å². The Morgan fingerprint density at radius 3 is 3.00 bits per heavy atom. The summed E-state index contributed by atoms with van der Waals surface area (Å²) in [5.74, 6) is 0.552. The smallest absolute Gasteiger partial charge is 0.251 e. The van der Waals surface area contributed by atoms with E-state index in [0.29, 0.717) is 11.5 Å². The maximum absolute atomic E-state index is 12.0. The highest BCUT2D eigenvalue weighted by Crippen LogP contribution is 2.27. The lowest BCUT2D eigenvalue weighted by Gasteiger charge is -2.19. The number of aromatic hydroxyl groups is 1. The van der Waals surface area contributed by atoms with Crippen LogP contribution in [0.1, 0.15) is 29.6 Å². The summed E-state index contributed by atoms with van der Waals surface area (Å²) < 4.78 is 0. The van der Waals surface area contributed by atoms with Gasteiger partial charge in [-0.3, -0.25) is 4.79 Å². The molecule has 1 amide bonds. The van der Waals surface area contributed by atoms with Gasteiger partial charge >= 0.3 is 0 Å². The molecule has 0 saturated heterocycles. The normalized spacial score (nSPS) is 23.6. The molecule has 92 valence electrons. The van der Waals surface area contributed by atoms with Crippen LogP contribution in [0, 0.1) is 5.92 Å². The molecular formula is C13H16BrNO2. The van der Waals surface area contributed by atoms with E-state index in [-0.39, 0.29) is 17.7 Å². The standard InChI is InChI=1S/C13H16BrNO2/c14-8-10-4-2-6-12(10)15-13(17)9-3-1-5-11(16)7-9/h1,3,5,7,10,12,16H,2,4,6,8H2,(H,15,17). The van der Waals surface area contributed by atoms with Crippen LogP contribution in [0.3, 0.4) is 0 Å². The van der Waals surface area contributed by atoms with E-state index in [2.05, 4.69) is 21.2 Å². The Hall–Kier alpha value is -1.03. The van der Waals surface area contributed by atoms with E-state index < -0.39 is 0 Å². The van der Waals surface area contributed by atoms with Gasteiger partial charge in [0.2, 0.25) is 0 Å². The van der Waals surface area contributed by atoms with Gasteiger partial charge in [0.1, 0.15) is 5.75 Å². The van der Waals surface area contributed by atoms with Crippen molar-refractivity contribution in [2.75, 3.05) is 5.33 Å². The number of hydrogen-bond donors (Lipinski definition) is 2. The summed E-state index contributed by atoms with van der Waals surface area (Å²) in [6.45, 7) is 0. The SMILES string of the molecule is O=C(NC1CCCC1CBr)c1cccc(O)c1. The first-order chi connectivity index (χ1) is 8.20. The summed E-state index contributed by atoms with van der Waals surface area (Å²) in [6.07, 6.45) is 3.37. The van der Waals surface area contributed by atoms with Crippen molar-refractivity contribution in [2.24, 2.45) is 5.92 Å². The Labute approximate surface area is 109 Å². The van der Waals surface area contributed by atoms with Crippen molar-refractivity contribution in [1.29, 1.82) is 0 Å². The fourth-order valence-electron chi connectivity index (χ4n) is 2.31. The molecule has 4 heteroatoms. The van der Waals surface area contributed by atoms with Gasteiger partial charge in [0.05, 0.1) is 0 Å². The predicted octanol–water partition coefficient (Wildman–Crippen LogP) is 2.69. The summed E-state index contributed by atoms with van der Waals surface area (Å²) >= 11 is 3.48. The second-order valence-corrected chi connectivity index (χ2v) is 5.12. The van der Waals surface area contributed by atoms with Crippen LogP contribution < -0.4 is 5.32 Å². The number of carbonyl (C=O) groups excluding carboxylic acids is 1. The highest BCUT2D eigenvalue weighted by molar-refractivity contribution is 9.09. The largest absolute Gasteiger partial charge is 0.508 e. The molecule has 2 rings (SSSR count). The minimum atomic E-state index is -0.0984. The van der Waals surface area contributed by atoms with Crippen molar-refractivity contribution in [3.63, 3.8) is 0 Å². The lowest BCUT2D eigenvalue weighted by Crippen LogP contribution is -2.37. The number of amides is 1. The van der Waals surface area contributed by atoms with Crippen LogP contribution in [-0.2, 0) is 0 Å². The maximum Gasteiger partial charge on any atom is 0.251 e. The highest BCUT2D eigenvalue weighted by Gasteiger charge is 2.27. The molecule has 17 heavy (non-hydrogen) atoms. The van der Waals surface area contributed by atoms with Gasteiger partial charge in [0.15, 0.2) is 0 Å². The first-order valence-corrected chi connectivity index (χ1v) is 6.98. The number of alkyl halides is 1. The molecule has 2 N–H and O–H groups in total. The van der Waals surface area contributed by atoms with Crippen LogP contribution in [0.5, 0.6) is 5.75 Å². The average Bonchev–Trinajstić information content (AvgIpc) is 2.76. The van der Waals surface area contributed by atoms with Crippen LogP contribution in [0.4, 0.5) is 0 Å². The van der Waals surface area contributed by atoms with Gasteiger partial charge in [-0.15, -0.1) is 0 Å². The average molecular weight is 298 g/mol. The topological polar surface area (TPSA) is 49.3 Å². The number of hydrogen-bond acceptors (Lipinski definition) is 2. The molecule has 0 heterocycles. The zero-order valence-corrected chi connectivity index (χ0v) is 11.1. The van der Waals surface area contributed by atoms with Crippen LogP contribution >= 0.6 is 15.9 Å². The number of carbonyl (C=O) groups is 1. The van der Waals surface area contributed by atoms with Crippen molar-refractivity contribution >= 4 is 21.8 Å². The molecule has 0 aromatic heterocycles. The third-order valence-electron chi connectivity index (χ3n) is 3.28. The molecule has 0 aliphatic heterocycles. The molecule has 2 unspecified atom stereocenters. The van der Waals surface area contributed by atoms with Gasteiger partial charge in [0, 0.05) is 16.9 Å². The Balaban J connectivity index is 2.01. The van der Waals surface area contributed by atoms with Crippen molar-refractivity contribution < 1.29 is 9.90 Å². The van der Waals surface area contributed by atoms with Gasteiger partial charge in [-0.1, -0.05) is 28.4 Å². The number of benzene rings is 1. The number of phenolic OH excluding ortho intramolecular Hbond substituents is 1. The predicted molar refractivity (Wildman–Crippen MR) is 70.5 cm³/mol. The fraction of sp³-hybridized carbons (Fsp3) is 0.462. The molecule has 1 aliphatic rings. The van der Waals surface area contributed by atoms with Crippen LogP contribution in [0.2, 0.25) is 0 Å². The van der Waals surface area contributed by atoms with E-state index in [9.17, 15) is 9.90 Å². The Bertz CT molecular complexity index is 408. The van der Waals surface area contributed by atoms with Gasteiger partial charge < -0.3 is 10.4 Å². The lowest BCUT2D eigenvalue weighted by molar-refractivity contribution is 0.0930. The third kappa shape index (κ3) is 3.00. The van der Waals surface area contributed by atoms with E-state index in [4.69, 9.17) is 0 Å². The van der Waals surface area contributed by atoms with Crippen molar-refractivity contribution in [3.8, 4) is 5.75 Å². The van der Waals surface area contributed by atoms with Crippen molar-refractivity contribution in [2.45, 2.75) is 25.3 Å². The van der Waals surface area contributed by atoms with Crippen LogP contribution in [0.15, 0.2) is 24.3 Å². The number of phenols is 1.